The minimum absolute atomic E-state index is 0.206. The van der Waals surface area contributed by atoms with Crippen molar-refractivity contribution in [2.45, 2.75) is 31.5 Å². The molecular weight excluding hydrogens is 325 g/mol. The molecule has 0 saturated carbocycles. The van der Waals surface area contributed by atoms with Crippen molar-refractivity contribution in [1.82, 2.24) is 19.4 Å². The zero-order valence-corrected chi connectivity index (χ0v) is 13.3. The van der Waals surface area contributed by atoms with Crippen LogP contribution in [-0.2, 0) is 20.3 Å². The molecule has 0 amide bonds. The highest BCUT2D eigenvalue weighted by Crippen LogP contribution is 2.35. The molecule has 1 aliphatic heterocycles. The number of nitrogens with one attached hydrogen (secondary N) is 1. The zero-order valence-electron chi connectivity index (χ0n) is 13.3. The summed E-state index contributed by atoms with van der Waals surface area (Å²) in [5, 5.41) is 2.56. The summed E-state index contributed by atoms with van der Waals surface area (Å²) in [7, 11) is 2.47. The van der Waals surface area contributed by atoms with Crippen LogP contribution in [0.5, 0.6) is 0 Å². The van der Waals surface area contributed by atoms with E-state index < -0.39 is 28.4 Å². The Labute approximate surface area is 134 Å². The molecule has 0 unspecified atom stereocenters. The van der Waals surface area contributed by atoms with Gasteiger partial charge in [0.2, 0.25) is 0 Å². The van der Waals surface area contributed by atoms with Gasteiger partial charge in [0.05, 0.1) is 16.6 Å². The maximum Gasteiger partial charge on any atom is 0.417 e. The van der Waals surface area contributed by atoms with Crippen LogP contribution in [0.25, 0.3) is 11.0 Å². The molecule has 2 aromatic rings. The Bertz CT molecular complexity index is 908. The van der Waals surface area contributed by atoms with Gasteiger partial charge in [0.25, 0.3) is 5.56 Å². The van der Waals surface area contributed by atoms with E-state index in [0.717, 1.165) is 30.5 Å². The molecule has 1 atom stereocenters. The molecule has 0 radical (unpaired) electrons. The highest BCUT2D eigenvalue weighted by Gasteiger charge is 2.36. The Morgan fingerprint density at radius 2 is 1.92 bits per heavy atom. The lowest BCUT2D eigenvalue weighted by molar-refractivity contribution is -0.136. The van der Waals surface area contributed by atoms with Gasteiger partial charge < -0.3 is 5.32 Å². The third-order valence-electron chi connectivity index (χ3n) is 4.40. The first kappa shape index (κ1) is 16.7. The molecule has 0 bridgehead atoms. The molecule has 1 N–H and O–H groups in total. The number of halogens is 3. The van der Waals surface area contributed by atoms with Gasteiger partial charge in [-0.25, -0.2) is 9.78 Å². The number of fused-ring (bicyclic) bond motifs is 1. The maximum absolute atomic E-state index is 13.5. The van der Waals surface area contributed by atoms with Crippen LogP contribution in [-0.4, -0.2) is 20.7 Å². The molecule has 3 rings (SSSR count). The number of aromatic nitrogens is 3. The molecule has 24 heavy (non-hydrogen) atoms. The molecule has 9 heteroatoms. The van der Waals surface area contributed by atoms with Gasteiger partial charge in [-0.05, 0) is 25.5 Å². The van der Waals surface area contributed by atoms with E-state index in [1.54, 1.807) is 0 Å². The van der Waals surface area contributed by atoms with Crippen molar-refractivity contribution in [3.8, 4) is 0 Å². The van der Waals surface area contributed by atoms with Crippen LogP contribution >= 0.6 is 0 Å². The molecule has 1 fully saturated rings. The summed E-state index contributed by atoms with van der Waals surface area (Å²) in [6.45, 7) is 0.696. The highest BCUT2D eigenvalue weighted by molar-refractivity contribution is 5.79. The summed E-state index contributed by atoms with van der Waals surface area (Å²) < 4.78 is 42.2. The van der Waals surface area contributed by atoms with Crippen molar-refractivity contribution < 1.29 is 13.2 Å². The van der Waals surface area contributed by atoms with Crippen LogP contribution in [0, 0.1) is 0 Å². The van der Waals surface area contributed by atoms with Gasteiger partial charge in [0.1, 0.15) is 5.65 Å². The summed E-state index contributed by atoms with van der Waals surface area (Å²) in [5.41, 5.74) is -2.78. The lowest BCUT2D eigenvalue weighted by atomic mass is 9.99. The van der Waals surface area contributed by atoms with E-state index in [0.29, 0.717) is 17.5 Å². The van der Waals surface area contributed by atoms with Gasteiger partial charge in [0.15, 0.2) is 0 Å². The first-order valence-corrected chi connectivity index (χ1v) is 7.63. The minimum atomic E-state index is -4.71. The Balaban J connectivity index is 2.39. The first-order chi connectivity index (χ1) is 11.2. The number of alkyl halides is 3. The van der Waals surface area contributed by atoms with Gasteiger partial charge in [-0.2, -0.15) is 13.2 Å². The van der Waals surface area contributed by atoms with Crippen LogP contribution in [0.1, 0.15) is 36.6 Å². The molecule has 3 heterocycles. The molecule has 130 valence electrons. The highest BCUT2D eigenvalue weighted by atomic mass is 19.4. The van der Waals surface area contributed by atoms with Crippen LogP contribution in [0.4, 0.5) is 13.2 Å². The Morgan fingerprint density at radius 3 is 2.50 bits per heavy atom. The average Bonchev–Trinajstić information content (AvgIpc) is 2.57. The molecule has 0 spiro atoms. The molecular formula is C15H17F3N4O2. The number of aryl methyl sites for hydroxylation is 1. The predicted molar refractivity (Wildman–Crippen MR) is 81.8 cm³/mol. The second-order valence-electron chi connectivity index (χ2n) is 6.00. The van der Waals surface area contributed by atoms with E-state index in [9.17, 15) is 22.8 Å². The standard InChI is InChI=1S/C15H17F3N4O2/c1-21-12-11(13(23)22(2)14(21)24)8(15(16,17)18)7-10(20-12)9-5-3-4-6-19-9/h7,9,19H,3-6H2,1-2H3/t9-/m1/s1. The molecule has 0 aliphatic carbocycles. The first-order valence-electron chi connectivity index (χ1n) is 7.63. The Hall–Kier alpha value is -2.16. The second-order valence-corrected chi connectivity index (χ2v) is 6.00. The van der Waals surface area contributed by atoms with Gasteiger partial charge in [-0.15, -0.1) is 0 Å². The van der Waals surface area contributed by atoms with Gasteiger partial charge in [-0.3, -0.25) is 13.9 Å². The largest absolute Gasteiger partial charge is 0.417 e. The van der Waals surface area contributed by atoms with Crippen molar-refractivity contribution in [2.75, 3.05) is 6.54 Å². The third kappa shape index (κ3) is 2.62. The topological polar surface area (TPSA) is 68.9 Å². The van der Waals surface area contributed by atoms with E-state index in [1.165, 1.54) is 7.05 Å². The van der Waals surface area contributed by atoms with Crippen LogP contribution < -0.4 is 16.6 Å². The molecule has 1 saturated heterocycles. The summed E-state index contributed by atoms with van der Waals surface area (Å²) >= 11 is 0. The normalized spacial score (nSPS) is 19.0. The number of piperidine rings is 1. The molecule has 6 nitrogen and oxygen atoms in total. The summed E-state index contributed by atoms with van der Waals surface area (Å²) in [6, 6.07) is 0.611. The van der Waals surface area contributed by atoms with Crippen molar-refractivity contribution in [3.63, 3.8) is 0 Å². The number of pyridine rings is 1. The number of nitrogens with zero attached hydrogens (tertiary/aromatic N) is 3. The monoisotopic (exact) mass is 342 g/mol. The lowest BCUT2D eigenvalue weighted by Gasteiger charge is -2.24. The number of hydrogen-bond acceptors (Lipinski definition) is 4. The molecule has 2 aromatic heterocycles. The van der Waals surface area contributed by atoms with E-state index in [2.05, 4.69) is 10.3 Å². The third-order valence-corrected chi connectivity index (χ3v) is 4.40. The fourth-order valence-electron chi connectivity index (χ4n) is 3.08. The van der Waals surface area contributed by atoms with Gasteiger partial charge in [0, 0.05) is 20.1 Å². The van der Waals surface area contributed by atoms with Crippen molar-refractivity contribution >= 4 is 11.0 Å². The smallest absolute Gasteiger partial charge is 0.309 e. The average molecular weight is 342 g/mol. The van der Waals surface area contributed by atoms with Crippen molar-refractivity contribution in [3.05, 3.63) is 38.2 Å². The van der Waals surface area contributed by atoms with Crippen molar-refractivity contribution in [2.24, 2.45) is 14.1 Å². The fourth-order valence-corrected chi connectivity index (χ4v) is 3.08. The summed E-state index contributed by atoms with van der Waals surface area (Å²) in [4.78, 5) is 28.5. The van der Waals surface area contributed by atoms with E-state index in [1.807, 2.05) is 0 Å². The summed E-state index contributed by atoms with van der Waals surface area (Å²) in [6.07, 6.45) is -2.22. The maximum atomic E-state index is 13.5. The predicted octanol–water partition coefficient (Wildman–Crippen LogP) is 1.47. The molecule has 0 aromatic carbocycles. The fraction of sp³-hybridized carbons (Fsp3) is 0.533. The lowest BCUT2D eigenvalue weighted by Crippen LogP contribution is -2.38. The zero-order chi connectivity index (χ0) is 17.6. The Kier molecular flexibility index (Phi) is 3.98. The van der Waals surface area contributed by atoms with E-state index in [4.69, 9.17) is 0 Å². The van der Waals surface area contributed by atoms with Gasteiger partial charge in [-0.1, -0.05) is 6.42 Å². The van der Waals surface area contributed by atoms with Crippen LogP contribution in [0.2, 0.25) is 0 Å². The van der Waals surface area contributed by atoms with Crippen LogP contribution in [0.15, 0.2) is 15.7 Å². The van der Waals surface area contributed by atoms with E-state index in [-0.39, 0.29) is 17.4 Å². The Morgan fingerprint density at radius 1 is 1.21 bits per heavy atom. The molecule has 1 aliphatic rings. The van der Waals surface area contributed by atoms with Gasteiger partial charge >= 0.3 is 11.9 Å². The second kappa shape index (κ2) is 5.73. The minimum Gasteiger partial charge on any atom is -0.309 e. The van der Waals surface area contributed by atoms with Crippen LogP contribution in [0.3, 0.4) is 0 Å². The SMILES string of the molecule is Cn1c(=O)c2c(C(F)(F)F)cc([C@H]3CCCCN3)nc2n(C)c1=O. The van der Waals surface area contributed by atoms with Crippen molar-refractivity contribution in [1.29, 1.82) is 0 Å². The number of hydrogen-bond donors (Lipinski definition) is 1. The quantitative estimate of drug-likeness (QED) is 0.852. The van der Waals surface area contributed by atoms with E-state index >= 15 is 0 Å². The summed E-state index contributed by atoms with van der Waals surface area (Å²) in [5.74, 6) is 0. The number of rotatable bonds is 1.